The highest BCUT2D eigenvalue weighted by Crippen LogP contribution is 2.13. The van der Waals surface area contributed by atoms with E-state index in [4.69, 9.17) is 11.1 Å². The molecule has 0 heterocycles. The molecule has 4 heteroatoms. The molecule has 0 spiro atoms. The average molecular weight is 195 g/mol. The number of halogens is 1. The Morgan fingerprint density at radius 3 is 2.64 bits per heavy atom. The molecule has 0 amide bonds. The van der Waals surface area contributed by atoms with Crippen LogP contribution in [0.1, 0.15) is 11.1 Å². The lowest BCUT2D eigenvalue weighted by molar-refractivity contribution is 0.392. The van der Waals surface area contributed by atoms with Crippen molar-refractivity contribution in [3.05, 3.63) is 35.1 Å². The molecule has 0 atom stereocenters. The summed E-state index contributed by atoms with van der Waals surface area (Å²) in [5, 5.41) is 7.18. The van der Waals surface area contributed by atoms with Crippen LogP contribution in [-0.2, 0) is 6.54 Å². The molecule has 0 fully saturated rings. The second kappa shape index (κ2) is 4.19. The van der Waals surface area contributed by atoms with Gasteiger partial charge in [0.2, 0.25) is 0 Å². The summed E-state index contributed by atoms with van der Waals surface area (Å²) >= 11 is 0. The molecular formula is C10H14FN3. The number of nitrogen functional groups attached to an aromatic ring is 1. The molecule has 0 aromatic heterocycles. The molecule has 0 saturated heterocycles. The van der Waals surface area contributed by atoms with E-state index < -0.39 is 5.82 Å². The molecule has 3 N–H and O–H groups in total. The third kappa shape index (κ3) is 2.29. The van der Waals surface area contributed by atoms with Gasteiger partial charge in [-0.25, -0.2) is 4.39 Å². The molecule has 1 aromatic rings. The molecular weight excluding hydrogens is 181 g/mol. The SMILES string of the molecule is CN(C)Cc1cccc(C(=N)N)c1F. The topological polar surface area (TPSA) is 53.1 Å². The van der Waals surface area contributed by atoms with E-state index in [-0.39, 0.29) is 11.4 Å². The third-order valence-corrected chi connectivity index (χ3v) is 1.86. The molecule has 1 aromatic carbocycles. The van der Waals surface area contributed by atoms with Gasteiger partial charge in [0.15, 0.2) is 0 Å². The van der Waals surface area contributed by atoms with E-state index in [1.54, 1.807) is 12.1 Å². The number of nitrogens with one attached hydrogen (secondary N) is 1. The standard InChI is InChI=1S/C10H14FN3/c1-14(2)6-7-4-3-5-8(9(7)11)10(12)13/h3-5H,6H2,1-2H3,(H3,12,13). The molecule has 76 valence electrons. The van der Waals surface area contributed by atoms with Gasteiger partial charge in [0.25, 0.3) is 0 Å². The summed E-state index contributed by atoms with van der Waals surface area (Å²) in [5.41, 5.74) is 5.97. The van der Waals surface area contributed by atoms with Crippen molar-refractivity contribution in [2.75, 3.05) is 14.1 Å². The molecule has 0 aliphatic heterocycles. The second-order valence-corrected chi connectivity index (χ2v) is 3.43. The van der Waals surface area contributed by atoms with E-state index in [9.17, 15) is 4.39 Å². The van der Waals surface area contributed by atoms with Gasteiger partial charge in [-0.2, -0.15) is 0 Å². The summed E-state index contributed by atoms with van der Waals surface area (Å²) in [6, 6.07) is 4.91. The maximum atomic E-state index is 13.6. The number of hydrogen-bond donors (Lipinski definition) is 2. The highest BCUT2D eigenvalue weighted by Gasteiger charge is 2.09. The summed E-state index contributed by atoms with van der Waals surface area (Å²) < 4.78 is 13.6. The van der Waals surface area contributed by atoms with Crippen molar-refractivity contribution in [1.29, 1.82) is 5.41 Å². The van der Waals surface area contributed by atoms with Gasteiger partial charge in [-0.1, -0.05) is 12.1 Å². The average Bonchev–Trinajstić information content (AvgIpc) is 2.07. The summed E-state index contributed by atoms with van der Waals surface area (Å²) in [5.74, 6) is -0.628. The van der Waals surface area contributed by atoms with Crippen LogP contribution in [0.4, 0.5) is 4.39 Å². The first-order valence-electron chi connectivity index (χ1n) is 4.29. The minimum Gasteiger partial charge on any atom is -0.384 e. The van der Waals surface area contributed by atoms with Crippen molar-refractivity contribution < 1.29 is 4.39 Å². The Kier molecular flexibility index (Phi) is 3.19. The molecule has 1 rings (SSSR count). The number of hydrogen-bond acceptors (Lipinski definition) is 2. The van der Waals surface area contributed by atoms with Crippen molar-refractivity contribution in [3.8, 4) is 0 Å². The third-order valence-electron chi connectivity index (χ3n) is 1.86. The fraction of sp³-hybridized carbons (Fsp3) is 0.300. The van der Waals surface area contributed by atoms with Gasteiger partial charge in [-0.3, -0.25) is 5.41 Å². The number of rotatable bonds is 3. The maximum absolute atomic E-state index is 13.6. The Bertz CT molecular complexity index is 347. The van der Waals surface area contributed by atoms with Crippen LogP contribution in [0, 0.1) is 11.2 Å². The van der Waals surface area contributed by atoms with Crippen LogP contribution in [0.2, 0.25) is 0 Å². The van der Waals surface area contributed by atoms with Gasteiger partial charge < -0.3 is 10.6 Å². The van der Waals surface area contributed by atoms with Crippen LogP contribution >= 0.6 is 0 Å². The van der Waals surface area contributed by atoms with Crippen molar-refractivity contribution in [1.82, 2.24) is 4.90 Å². The number of nitrogens with zero attached hydrogens (tertiary/aromatic N) is 1. The fourth-order valence-electron chi connectivity index (χ4n) is 1.25. The number of amidine groups is 1. The highest BCUT2D eigenvalue weighted by molar-refractivity contribution is 5.95. The summed E-state index contributed by atoms with van der Waals surface area (Å²) in [7, 11) is 3.72. The zero-order chi connectivity index (χ0) is 10.7. The lowest BCUT2D eigenvalue weighted by atomic mass is 10.1. The van der Waals surface area contributed by atoms with E-state index in [1.807, 2.05) is 19.0 Å². The van der Waals surface area contributed by atoms with Crippen molar-refractivity contribution in [2.24, 2.45) is 5.73 Å². The monoisotopic (exact) mass is 195 g/mol. The Balaban J connectivity index is 3.07. The molecule has 0 bridgehead atoms. The van der Waals surface area contributed by atoms with Crippen LogP contribution in [0.15, 0.2) is 18.2 Å². The van der Waals surface area contributed by atoms with Crippen LogP contribution in [0.3, 0.4) is 0 Å². The van der Waals surface area contributed by atoms with Gasteiger partial charge in [0.1, 0.15) is 11.7 Å². The largest absolute Gasteiger partial charge is 0.384 e. The minimum atomic E-state index is -0.395. The molecule has 0 saturated carbocycles. The lowest BCUT2D eigenvalue weighted by Crippen LogP contribution is -2.17. The molecule has 0 aliphatic rings. The summed E-state index contributed by atoms with van der Waals surface area (Å²) in [4.78, 5) is 1.86. The van der Waals surface area contributed by atoms with E-state index in [2.05, 4.69) is 0 Å². The quantitative estimate of drug-likeness (QED) is 0.562. The zero-order valence-corrected chi connectivity index (χ0v) is 8.34. The molecule has 0 radical (unpaired) electrons. The summed E-state index contributed by atoms with van der Waals surface area (Å²) in [6.45, 7) is 0.507. The predicted octanol–water partition coefficient (Wildman–Crippen LogP) is 1.17. The number of nitrogens with two attached hydrogens (primary N) is 1. The first kappa shape index (κ1) is 10.7. The van der Waals surface area contributed by atoms with Crippen LogP contribution < -0.4 is 5.73 Å². The van der Waals surface area contributed by atoms with Gasteiger partial charge in [-0.05, 0) is 20.2 Å². The zero-order valence-electron chi connectivity index (χ0n) is 8.34. The maximum Gasteiger partial charge on any atom is 0.138 e. The van der Waals surface area contributed by atoms with Gasteiger partial charge in [-0.15, -0.1) is 0 Å². The second-order valence-electron chi connectivity index (χ2n) is 3.43. The van der Waals surface area contributed by atoms with E-state index in [1.165, 1.54) is 6.07 Å². The lowest BCUT2D eigenvalue weighted by Gasteiger charge is -2.12. The van der Waals surface area contributed by atoms with Gasteiger partial charge in [0, 0.05) is 12.1 Å². The van der Waals surface area contributed by atoms with Crippen molar-refractivity contribution >= 4 is 5.84 Å². The highest BCUT2D eigenvalue weighted by atomic mass is 19.1. The minimum absolute atomic E-state index is 0.171. The van der Waals surface area contributed by atoms with E-state index >= 15 is 0 Å². The first-order chi connectivity index (χ1) is 6.52. The Morgan fingerprint density at radius 2 is 2.14 bits per heavy atom. The van der Waals surface area contributed by atoms with Gasteiger partial charge in [0.05, 0.1) is 5.56 Å². The Hall–Kier alpha value is -1.42. The molecule has 14 heavy (non-hydrogen) atoms. The predicted molar refractivity (Wildman–Crippen MR) is 54.8 cm³/mol. The first-order valence-corrected chi connectivity index (χ1v) is 4.29. The van der Waals surface area contributed by atoms with E-state index in [0.717, 1.165) is 0 Å². The Morgan fingerprint density at radius 1 is 1.50 bits per heavy atom. The Labute approximate surface area is 82.8 Å². The molecule has 0 unspecified atom stereocenters. The van der Waals surface area contributed by atoms with E-state index in [0.29, 0.717) is 12.1 Å². The van der Waals surface area contributed by atoms with Gasteiger partial charge >= 0.3 is 0 Å². The van der Waals surface area contributed by atoms with Crippen molar-refractivity contribution in [2.45, 2.75) is 6.54 Å². The van der Waals surface area contributed by atoms with Crippen LogP contribution in [0.5, 0.6) is 0 Å². The fourth-order valence-corrected chi connectivity index (χ4v) is 1.25. The van der Waals surface area contributed by atoms with Crippen LogP contribution in [-0.4, -0.2) is 24.8 Å². The molecule has 3 nitrogen and oxygen atoms in total. The number of benzene rings is 1. The molecule has 0 aliphatic carbocycles. The van der Waals surface area contributed by atoms with Crippen molar-refractivity contribution in [3.63, 3.8) is 0 Å². The van der Waals surface area contributed by atoms with Crippen LogP contribution in [0.25, 0.3) is 0 Å². The summed E-state index contributed by atoms with van der Waals surface area (Å²) in [6.07, 6.45) is 0. The smallest absolute Gasteiger partial charge is 0.138 e. The normalized spacial score (nSPS) is 10.6.